The fourth-order valence-electron chi connectivity index (χ4n) is 2.01. The average molecular weight is 296 g/mol. The van der Waals surface area contributed by atoms with Crippen LogP contribution in [0.15, 0.2) is 0 Å². The van der Waals surface area contributed by atoms with Gasteiger partial charge in [0.1, 0.15) is 24.4 Å². The van der Waals surface area contributed by atoms with Gasteiger partial charge in [0.2, 0.25) is 0 Å². The summed E-state index contributed by atoms with van der Waals surface area (Å²) in [7, 11) is 0. The standard InChI is InChI=1S/C13H28O7/c1-5(2)8(15)6(3)9(16)11(18)13(20)12(19)10(17)7(4)14/h5-20H,1-4H3. The fraction of sp³-hybridized carbons (Fsp3) is 1.00. The lowest BCUT2D eigenvalue weighted by Gasteiger charge is -2.34. The van der Waals surface area contributed by atoms with Crippen LogP contribution in [0.2, 0.25) is 0 Å². The van der Waals surface area contributed by atoms with Crippen LogP contribution in [0.1, 0.15) is 27.7 Å². The third kappa shape index (κ3) is 4.92. The Morgan fingerprint density at radius 2 is 0.800 bits per heavy atom. The van der Waals surface area contributed by atoms with Gasteiger partial charge in [-0.1, -0.05) is 20.8 Å². The molecule has 7 heteroatoms. The van der Waals surface area contributed by atoms with Crippen LogP contribution in [0.4, 0.5) is 0 Å². The van der Waals surface area contributed by atoms with Gasteiger partial charge in [0.15, 0.2) is 0 Å². The molecule has 0 spiro atoms. The molecule has 0 saturated carbocycles. The first-order valence-corrected chi connectivity index (χ1v) is 6.78. The van der Waals surface area contributed by atoms with E-state index in [-0.39, 0.29) is 5.92 Å². The first-order valence-electron chi connectivity index (χ1n) is 6.78. The van der Waals surface area contributed by atoms with Crippen LogP contribution in [-0.2, 0) is 0 Å². The Hall–Kier alpha value is -0.280. The minimum Gasteiger partial charge on any atom is -0.392 e. The number of rotatable bonds is 8. The highest BCUT2D eigenvalue weighted by molar-refractivity contribution is 4.89. The van der Waals surface area contributed by atoms with E-state index in [0.29, 0.717) is 0 Å². The van der Waals surface area contributed by atoms with E-state index in [9.17, 15) is 30.6 Å². The average Bonchev–Trinajstić information content (AvgIpc) is 2.40. The summed E-state index contributed by atoms with van der Waals surface area (Å²) in [4.78, 5) is 0. The van der Waals surface area contributed by atoms with Crippen LogP contribution in [0.5, 0.6) is 0 Å². The predicted molar refractivity (Wildman–Crippen MR) is 71.7 cm³/mol. The van der Waals surface area contributed by atoms with Gasteiger partial charge < -0.3 is 35.7 Å². The van der Waals surface area contributed by atoms with Gasteiger partial charge in [0, 0.05) is 5.92 Å². The minimum absolute atomic E-state index is 0.156. The smallest absolute Gasteiger partial charge is 0.111 e. The van der Waals surface area contributed by atoms with Crippen molar-refractivity contribution in [3.63, 3.8) is 0 Å². The maximum absolute atomic E-state index is 9.92. The molecule has 0 aliphatic rings. The SMILES string of the molecule is CC(C)C(O)C(C)C(O)C(O)C(O)C(O)C(O)C(C)O. The van der Waals surface area contributed by atoms with E-state index in [1.807, 2.05) is 0 Å². The third-order valence-electron chi connectivity index (χ3n) is 3.65. The topological polar surface area (TPSA) is 142 Å². The summed E-state index contributed by atoms with van der Waals surface area (Å²) in [5.74, 6) is -0.896. The molecule has 7 nitrogen and oxygen atoms in total. The van der Waals surface area contributed by atoms with Crippen molar-refractivity contribution in [2.45, 2.75) is 70.4 Å². The first-order chi connectivity index (χ1) is 9.02. The van der Waals surface area contributed by atoms with E-state index in [4.69, 9.17) is 5.11 Å². The van der Waals surface area contributed by atoms with Crippen molar-refractivity contribution < 1.29 is 35.7 Å². The van der Waals surface area contributed by atoms with Crippen LogP contribution in [0, 0.1) is 11.8 Å². The molecule has 0 aromatic carbocycles. The molecule has 0 fully saturated rings. The van der Waals surface area contributed by atoms with Crippen LogP contribution < -0.4 is 0 Å². The van der Waals surface area contributed by atoms with E-state index in [0.717, 1.165) is 0 Å². The van der Waals surface area contributed by atoms with Gasteiger partial charge in [-0.25, -0.2) is 0 Å². The summed E-state index contributed by atoms with van der Waals surface area (Å²) >= 11 is 0. The number of aliphatic hydroxyl groups excluding tert-OH is 7. The maximum Gasteiger partial charge on any atom is 0.111 e. The lowest BCUT2D eigenvalue weighted by molar-refractivity contribution is -0.164. The van der Waals surface area contributed by atoms with Crippen LogP contribution >= 0.6 is 0 Å². The highest BCUT2D eigenvalue weighted by Gasteiger charge is 2.39. The van der Waals surface area contributed by atoms with Crippen LogP contribution in [0.3, 0.4) is 0 Å². The lowest BCUT2D eigenvalue weighted by Crippen LogP contribution is -2.54. The quantitative estimate of drug-likeness (QED) is 0.270. The molecule has 0 saturated heterocycles. The Balaban J connectivity index is 4.75. The summed E-state index contributed by atoms with van der Waals surface area (Å²) in [6.07, 6.45) is -10.8. The van der Waals surface area contributed by atoms with Crippen molar-refractivity contribution in [1.29, 1.82) is 0 Å². The summed E-state index contributed by atoms with van der Waals surface area (Å²) in [5, 5.41) is 67.5. The zero-order valence-electron chi connectivity index (χ0n) is 12.3. The van der Waals surface area contributed by atoms with Crippen molar-refractivity contribution >= 4 is 0 Å². The molecule has 0 aromatic rings. The highest BCUT2D eigenvalue weighted by atomic mass is 16.4. The highest BCUT2D eigenvalue weighted by Crippen LogP contribution is 2.21. The van der Waals surface area contributed by atoms with Crippen molar-refractivity contribution in [3.8, 4) is 0 Å². The third-order valence-corrected chi connectivity index (χ3v) is 3.65. The van der Waals surface area contributed by atoms with Gasteiger partial charge in [-0.2, -0.15) is 0 Å². The van der Waals surface area contributed by atoms with E-state index >= 15 is 0 Å². The molecule has 0 aliphatic carbocycles. The van der Waals surface area contributed by atoms with E-state index in [1.165, 1.54) is 13.8 Å². The lowest BCUT2D eigenvalue weighted by atomic mass is 9.85. The molecule has 0 radical (unpaired) electrons. The Labute approximate surface area is 119 Å². The molecule has 8 atom stereocenters. The molecule has 20 heavy (non-hydrogen) atoms. The summed E-state index contributed by atoms with van der Waals surface area (Å²) in [5.41, 5.74) is 0. The molecular formula is C13H28O7. The van der Waals surface area contributed by atoms with Gasteiger partial charge in [-0.3, -0.25) is 0 Å². The van der Waals surface area contributed by atoms with Gasteiger partial charge in [0.25, 0.3) is 0 Å². The summed E-state index contributed by atoms with van der Waals surface area (Å²) in [6.45, 7) is 6.20. The molecule has 8 unspecified atom stereocenters. The Kier molecular flexibility index (Phi) is 8.12. The van der Waals surface area contributed by atoms with Crippen molar-refractivity contribution in [1.82, 2.24) is 0 Å². The molecule has 0 aromatic heterocycles. The molecule has 122 valence electrons. The number of aliphatic hydroxyl groups is 7. The number of hydrogen-bond acceptors (Lipinski definition) is 7. The zero-order chi connectivity index (χ0) is 16.2. The maximum atomic E-state index is 9.92. The molecule has 0 heterocycles. The second kappa shape index (κ2) is 8.23. The van der Waals surface area contributed by atoms with E-state index in [2.05, 4.69) is 0 Å². The van der Waals surface area contributed by atoms with Gasteiger partial charge in [-0.15, -0.1) is 0 Å². The largest absolute Gasteiger partial charge is 0.392 e. The summed E-state index contributed by atoms with van der Waals surface area (Å²) < 4.78 is 0. The molecule has 7 N–H and O–H groups in total. The van der Waals surface area contributed by atoms with Gasteiger partial charge in [-0.05, 0) is 12.8 Å². The summed E-state index contributed by atoms with van der Waals surface area (Å²) in [6, 6.07) is 0. The van der Waals surface area contributed by atoms with Gasteiger partial charge in [0.05, 0.1) is 18.3 Å². The Bertz CT molecular complexity index is 245. The molecule has 0 rings (SSSR count). The monoisotopic (exact) mass is 296 g/mol. The molecule has 0 amide bonds. The molecule has 0 aliphatic heterocycles. The zero-order valence-corrected chi connectivity index (χ0v) is 12.3. The normalized spacial score (nSPS) is 24.6. The van der Waals surface area contributed by atoms with E-state index < -0.39 is 48.6 Å². The molecular weight excluding hydrogens is 268 g/mol. The van der Waals surface area contributed by atoms with Crippen LogP contribution in [0.25, 0.3) is 0 Å². The predicted octanol–water partition coefficient (Wildman–Crippen LogP) is -2.18. The second-order valence-corrected chi connectivity index (χ2v) is 5.79. The Morgan fingerprint density at radius 1 is 0.450 bits per heavy atom. The minimum atomic E-state index is -1.85. The van der Waals surface area contributed by atoms with Crippen molar-refractivity contribution in [2.75, 3.05) is 0 Å². The van der Waals surface area contributed by atoms with Crippen LogP contribution in [-0.4, -0.2) is 78.5 Å². The van der Waals surface area contributed by atoms with Crippen molar-refractivity contribution in [2.24, 2.45) is 11.8 Å². The first kappa shape index (κ1) is 19.7. The van der Waals surface area contributed by atoms with Gasteiger partial charge >= 0.3 is 0 Å². The molecule has 0 bridgehead atoms. The van der Waals surface area contributed by atoms with E-state index in [1.54, 1.807) is 13.8 Å². The Morgan fingerprint density at radius 3 is 1.15 bits per heavy atom. The number of hydrogen-bond donors (Lipinski definition) is 7. The van der Waals surface area contributed by atoms with Crippen molar-refractivity contribution in [3.05, 3.63) is 0 Å². The second-order valence-electron chi connectivity index (χ2n) is 5.79. The fourth-order valence-corrected chi connectivity index (χ4v) is 2.01.